The third kappa shape index (κ3) is 2.76. The van der Waals surface area contributed by atoms with Gasteiger partial charge in [0.1, 0.15) is 5.75 Å². The lowest BCUT2D eigenvalue weighted by atomic mass is 9.96. The smallest absolute Gasteiger partial charge is 0.277 e. The number of ether oxygens (including phenoxy) is 1. The molecule has 0 bridgehead atoms. The zero-order chi connectivity index (χ0) is 17.2. The summed E-state index contributed by atoms with van der Waals surface area (Å²) in [7, 11) is 1.58. The summed E-state index contributed by atoms with van der Waals surface area (Å²) in [6.07, 6.45) is 4.03. The topological polar surface area (TPSA) is 75.0 Å². The van der Waals surface area contributed by atoms with Crippen molar-refractivity contribution in [2.24, 2.45) is 5.10 Å². The third-order valence-electron chi connectivity index (χ3n) is 4.12. The van der Waals surface area contributed by atoms with Gasteiger partial charge in [0.25, 0.3) is 5.91 Å². The van der Waals surface area contributed by atoms with E-state index in [9.17, 15) is 9.90 Å². The number of amides is 1. The van der Waals surface area contributed by atoms with Gasteiger partial charge in [-0.2, -0.15) is 10.1 Å². The molecule has 24 heavy (non-hydrogen) atoms. The van der Waals surface area contributed by atoms with E-state index in [2.05, 4.69) is 10.1 Å². The molecule has 2 heterocycles. The first-order valence-electron chi connectivity index (χ1n) is 7.76. The molecule has 0 radical (unpaired) electrons. The molecular formula is C18H19N3O3. The van der Waals surface area contributed by atoms with Gasteiger partial charge in [-0.05, 0) is 30.7 Å². The van der Waals surface area contributed by atoms with Crippen LogP contribution in [0.25, 0.3) is 0 Å². The molecule has 1 aliphatic rings. The minimum Gasteiger partial charge on any atom is -0.497 e. The molecule has 1 N–H and O–H groups in total. The predicted molar refractivity (Wildman–Crippen MR) is 89.6 cm³/mol. The molecule has 3 rings (SSSR count). The number of aromatic nitrogens is 1. The first kappa shape index (κ1) is 16.1. The number of hydrogen-bond donors (Lipinski definition) is 1. The van der Waals surface area contributed by atoms with E-state index in [0.29, 0.717) is 23.3 Å². The van der Waals surface area contributed by atoms with Gasteiger partial charge in [-0.3, -0.25) is 9.78 Å². The highest BCUT2D eigenvalue weighted by molar-refractivity contribution is 5.98. The summed E-state index contributed by atoms with van der Waals surface area (Å²) in [5.74, 6) is 0.322. The van der Waals surface area contributed by atoms with Crippen LogP contribution in [0.5, 0.6) is 5.75 Å². The van der Waals surface area contributed by atoms with Crippen LogP contribution in [0.3, 0.4) is 0 Å². The molecule has 0 aliphatic carbocycles. The van der Waals surface area contributed by atoms with E-state index < -0.39 is 5.72 Å². The van der Waals surface area contributed by atoms with Crippen molar-refractivity contribution in [3.8, 4) is 5.75 Å². The van der Waals surface area contributed by atoms with E-state index in [1.54, 1.807) is 55.9 Å². The fraction of sp³-hybridized carbons (Fsp3) is 0.278. The predicted octanol–water partition coefficient (Wildman–Crippen LogP) is 2.55. The van der Waals surface area contributed by atoms with Gasteiger partial charge in [0, 0.05) is 35.7 Å². The summed E-state index contributed by atoms with van der Waals surface area (Å²) in [6, 6.07) is 10.2. The molecule has 1 aromatic heterocycles. The minimum atomic E-state index is -1.50. The Balaban J connectivity index is 2.00. The fourth-order valence-electron chi connectivity index (χ4n) is 2.73. The standard InChI is InChI=1S/C18H19N3O3/c1-3-15-12-18(23,14-4-6-16(24-2)7-5-14)21(20-15)17(22)13-8-10-19-11-9-13/h4-11,23H,3,12H2,1-2H3/t18-/m1/s1. The second kappa shape index (κ2) is 6.41. The van der Waals surface area contributed by atoms with Gasteiger partial charge in [0.05, 0.1) is 7.11 Å². The zero-order valence-electron chi connectivity index (χ0n) is 13.6. The number of hydrazone groups is 1. The quantitative estimate of drug-likeness (QED) is 0.937. The Morgan fingerprint density at radius 2 is 1.92 bits per heavy atom. The maximum absolute atomic E-state index is 12.8. The maximum Gasteiger partial charge on any atom is 0.277 e. The van der Waals surface area contributed by atoms with Gasteiger partial charge in [0.15, 0.2) is 5.72 Å². The normalized spacial score (nSPS) is 20.0. The van der Waals surface area contributed by atoms with Gasteiger partial charge in [-0.25, -0.2) is 0 Å². The average Bonchev–Trinajstić information content (AvgIpc) is 3.00. The summed E-state index contributed by atoms with van der Waals surface area (Å²) in [4.78, 5) is 16.7. The molecule has 1 aliphatic heterocycles. The van der Waals surface area contributed by atoms with Crippen molar-refractivity contribution < 1.29 is 14.6 Å². The summed E-state index contributed by atoms with van der Waals surface area (Å²) in [5.41, 5.74) is 0.296. The van der Waals surface area contributed by atoms with Crippen LogP contribution in [-0.4, -0.2) is 33.8 Å². The monoisotopic (exact) mass is 325 g/mol. The molecule has 0 unspecified atom stereocenters. The number of carbonyl (C=O) groups excluding carboxylic acids is 1. The molecule has 6 nitrogen and oxygen atoms in total. The number of rotatable bonds is 4. The minimum absolute atomic E-state index is 0.284. The zero-order valence-corrected chi connectivity index (χ0v) is 13.6. The van der Waals surface area contributed by atoms with Crippen LogP contribution < -0.4 is 4.74 Å². The second-order valence-electron chi connectivity index (χ2n) is 5.59. The van der Waals surface area contributed by atoms with E-state index >= 15 is 0 Å². The Morgan fingerprint density at radius 3 is 2.50 bits per heavy atom. The number of benzene rings is 1. The Kier molecular flexibility index (Phi) is 4.31. The Hall–Kier alpha value is -2.73. The van der Waals surface area contributed by atoms with E-state index in [-0.39, 0.29) is 12.3 Å². The van der Waals surface area contributed by atoms with Crippen molar-refractivity contribution in [2.45, 2.75) is 25.5 Å². The molecule has 0 saturated carbocycles. The van der Waals surface area contributed by atoms with Crippen molar-refractivity contribution >= 4 is 11.6 Å². The summed E-state index contributed by atoms with van der Waals surface area (Å²) in [6.45, 7) is 1.95. The van der Waals surface area contributed by atoms with Gasteiger partial charge in [0.2, 0.25) is 0 Å². The molecule has 1 atom stereocenters. The van der Waals surface area contributed by atoms with Crippen molar-refractivity contribution in [1.82, 2.24) is 9.99 Å². The van der Waals surface area contributed by atoms with Crippen molar-refractivity contribution in [3.63, 3.8) is 0 Å². The first-order chi connectivity index (χ1) is 11.6. The molecule has 1 aromatic carbocycles. The Bertz CT molecular complexity index is 759. The Labute approximate surface area is 140 Å². The number of carbonyl (C=O) groups is 1. The molecule has 6 heteroatoms. The summed E-state index contributed by atoms with van der Waals surface area (Å²) in [5, 5.41) is 16.8. The van der Waals surface area contributed by atoms with Crippen LogP contribution in [0.2, 0.25) is 0 Å². The SMILES string of the molecule is CCC1=NN(C(=O)c2ccncc2)[C@](O)(c2ccc(OC)cc2)C1. The lowest BCUT2D eigenvalue weighted by Crippen LogP contribution is -2.43. The van der Waals surface area contributed by atoms with Gasteiger partial charge in [-0.1, -0.05) is 19.1 Å². The number of aliphatic hydroxyl groups is 1. The fourth-order valence-corrected chi connectivity index (χ4v) is 2.73. The average molecular weight is 325 g/mol. The number of pyridine rings is 1. The molecule has 124 valence electrons. The number of methoxy groups -OCH3 is 1. The van der Waals surface area contributed by atoms with Crippen molar-refractivity contribution in [2.75, 3.05) is 7.11 Å². The van der Waals surface area contributed by atoms with Gasteiger partial charge >= 0.3 is 0 Å². The number of nitrogens with zero attached hydrogens (tertiary/aromatic N) is 3. The molecule has 1 amide bonds. The Morgan fingerprint density at radius 1 is 1.25 bits per heavy atom. The van der Waals surface area contributed by atoms with Crippen LogP contribution in [0.4, 0.5) is 0 Å². The highest BCUT2D eigenvalue weighted by Crippen LogP contribution is 2.37. The van der Waals surface area contributed by atoms with E-state index in [1.807, 2.05) is 6.92 Å². The molecule has 0 fully saturated rings. The van der Waals surface area contributed by atoms with Crippen LogP contribution in [0, 0.1) is 0 Å². The van der Waals surface area contributed by atoms with E-state index in [0.717, 1.165) is 5.71 Å². The lowest BCUT2D eigenvalue weighted by Gasteiger charge is -2.31. The van der Waals surface area contributed by atoms with E-state index in [1.165, 1.54) is 5.01 Å². The molecule has 0 saturated heterocycles. The molecule has 0 spiro atoms. The maximum atomic E-state index is 12.8. The molecular weight excluding hydrogens is 306 g/mol. The van der Waals surface area contributed by atoms with Crippen LogP contribution in [0.15, 0.2) is 53.9 Å². The van der Waals surface area contributed by atoms with Gasteiger partial charge in [-0.15, -0.1) is 0 Å². The van der Waals surface area contributed by atoms with Crippen molar-refractivity contribution in [3.05, 3.63) is 59.9 Å². The highest BCUT2D eigenvalue weighted by Gasteiger charge is 2.45. The summed E-state index contributed by atoms with van der Waals surface area (Å²) >= 11 is 0. The van der Waals surface area contributed by atoms with Crippen LogP contribution in [-0.2, 0) is 5.72 Å². The van der Waals surface area contributed by atoms with Gasteiger partial charge < -0.3 is 9.84 Å². The summed E-state index contributed by atoms with van der Waals surface area (Å²) < 4.78 is 5.15. The van der Waals surface area contributed by atoms with Crippen LogP contribution >= 0.6 is 0 Å². The number of hydrogen-bond acceptors (Lipinski definition) is 5. The second-order valence-corrected chi connectivity index (χ2v) is 5.59. The highest BCUT2D eigenvalue weighted by atomic mass is 16.5. The van der Waals surface area contributed by atoms with Crippen LogP contribution in [0.1, 0.15) is 35.7 Å². The lowest BCUT2D eigenvalue weighted by molar-refractivity contribution is -0.0765. The first-order valence-corrected chi connectivity index (χ1v) is 7.76. The third-order valence-corrected chi connectivity index (χ3v) is 4.12. The molecule has 2 aromatic rings. The van der Waals surface area contributed by atoms with Crippen molar-refractivity contribution in [1.29, 1.82) is 0 Å². The van der Waals surface area contributed by atoms with E-state index in [4.69, 9.17) is 4.74 Å². The largest absolute Gasteiger partial charge is 0.497 e.